The van der Waals surface area contributed by atoms with Crippen molar-refractivity contribution in [1.82, 2.24) is 9.80 Å². The lowest BCUT2D eigenvalue weighted by Gasteiger charge is -2.22. The molecule has 0 bridgehead atoms. The molecule has 0 atom stereocenters. The molecule has 0 aromatic heterocycles. The van der Waals surface area contributed by atoms with Crippen molar-refractivity contribution in [2.24, 2.45) is 0 Å². The Morgan fingerprint density at radius 3 is 2.38 bits per heavy atom. The summed E-state index contributed by atoms with van der Waals surface area (Å²) in [6.07, 6.45) is 0. The number of amides is 2. The molecule has 1 saturated heterocycles. The van der Waals surface area contributed by atoms with E-state index < -0.39 is 0 Å². The quantitative estimate of drug-likeness (QED) is 0.849. The lowest BCUT2D eigenvalue weighted by atomic mass is 10.1. The number of fused-ring (bicyclic) bond motifs is 1. The van der Waals surface area contributed by atoms with Gasteiger partial charge < -0.3 is 4.90 Å². The topological polar surface area (TPSA) is 26.8 Å². The molecule has 2 amide bonds. The van der Waals surface area contributed by atoms with E-state index >= 15 is 0 Å². The van der Waals surface area contributed by atoms with E-state index in [4.69, 9.17) is 11.6 Å². The molecule has 0 N–H and O–H groups in total. The van der Waals surface area contributed by atoms with E-state index in [-0.39, 0.29) is 6.03 Å². The molecule has 4 nitrogen and oxygen atoms in total. The summed E-state index contributed by atoms with van der Waals surface area (Å²) < 4.78 is 0. The minimum absolute atomic E-state index is 0.0778. The van der Waals surface area contributed by atoms with Gasteiger partial charge in [-0.05, 0) is 29.3 Å². The molecular weight excluding hydrogens is 322 g/mol. The van der Waals surface area contributed by atoms with Crippen LogP contribution in [-0.4, -0.2) is 42.0 Å². The zero-order valence-corrected chi connectivity index (χ0v) is 14.2. The average molecular weight is 342 g/mol. The molecule has 24 heavy (non-hydrogen) atoms. The Kier molecular flexibility index (Phi) is 4.17. The number of benzene rings is 2. The normalized spacial score (nSPS) is 17.6. The lowest BCUT2D eigenvalue weighted by Crippen LogP contribution is -2.36. The van der Waals surface area contributed by atoms with Crippen molar-refractivity contribution in [3.63, 3.8) is 0 Å². The van der Waals surface area contributed by atoms with Crippen LogP contribution < -0.4 is 4.90 Å². The summed E-state index contributed by atoms with van der Waals surface area (Å²) in [6, 6.07) is 16.1. The van der Waals surface area contributed by atoms with Crippen LogP contribution >= 0.6 is 11.6 Å². The van der Waals surface area contributed by atoms with Crippen molar-refractivity contribution in [3.05, 3.63) is 64.7 Å². The summed E-state index contributed by atoms with van der Waals surface area (Å²) in [7, 11) is 0. The third kappa shape index (κ3) is 2.99. The summed E-state index contributed by atoms with van der Waals surface area (Å²) in [5, 5.41) is 0.661. The van der Waals surface area contributed by atoms with Crippen molar-refractivity contribution in [2.45, 2.75) is 13.1 Å². The van der Waals surface area contributed by atoms with Gasteiger partial charge in [-0.1, -0.05) is 41.9 Å². The number of halogens is 1. The van der Waals surface area contributed by atoms with Crippen molar-refractivity contribution >= 4 is 23.3 Å². The molecule has 5 heteroatoms. The van der Waals surface area contributed by atoms with Gasteiger partial charge in [-0.2, -0.15) is 0 Å². The molecule has 0 saturated carbocycles. The molecule has 2 aromatic rings. The van der Waals surface area contributed by atoms with E-state index in [1.165, 1.54) is 11.1 Å². The monoisotopic (exact) mass is 341 g/mol. The molecule has 0 spiro atoms. The number of hydrogen-bond acceptors (Lipinski definition) is 2. The Morgan fingerprint density at radius 1 is 0.917 bits per heavy atom. The van der Waals surface area contributed by atoms with Crippen LogP contribution in [0.1, 0.15) is 11.1 Å². The second-order valence-corrected chi connectivity index (χ2v) is 6.82. The van der Waals surface area contributed by atoms with Gasteiger partial charge in [0.2, 0.25) is 0 Å². The molecule has 0 aliphatic carbocycles. The van der Waals surface area contributed by atoms with Gasteiger partial charge in [-0.15, -0.1) is 0 Å². The molecule has 1 fully saturated rings. The Balaban J connectivity index is 1.35. The van der Waals surface area contributed by atoms with Gasteiger partial charge in [-0.25, -0.2) is 4.79 Å². The van der Waals surface area contributed by atoms with Gasteiger partial charge >= 0.3 is 6.03 Å². The molecule has 2 aliphatic rings. The summed E-state index contributed by atoms with van der Waals surface area (Å²) in [4.78, 5) is 18.8. The van der Waals surface area contributed by atoms with Gasteiger partial charge in [0.05, 0.1) is 0 Å². The van der Waals surface area contributed by atoms with Crippen LogP contribution in [0.15, 0.2) is 48.5 Å². The van der Waals surface area contributed by atoms with Crippen LogP contribution in [0.3, 0.4) is 0 Å². The number of carbonyl (C=O) groups is 1. The molecule has 0 radical (unpaired) electrons. The van der Waals surface area contributed by atoms with Crippen molar-refractivity contribution in [1.29, 1.82) is 0 Å². The number of nitrogens with zero attached hydrogens (tertiary/aromatic N) is 3. The second kappa shape index (κ2) is 6.46. The zero-order chi connectivity index (χ0) is 16.5. The number of rotatable bonds is 4. The van der Waals surface area contributed by atoms with E-state index in [0.717, 1.165) is 45.0 Å². The van der Waals surface area contributed by atoms with Crippen LogP contribution in [0.25, 0.3) is 0 Å². The van der Waals surface area contributed by atoms with E-state index in [0.29, 0.717) is 5.02 Å². The number of urea groups is 1. The molecule has 124 valence electrons. The first-order chi connectivity index (χ1) is 11.7. The van der Waals surface area contributed by atoms with Crippen LogP contribution in [0, 0.1) is 0 Å². The van der Waals surface area contributed by atoms with Crippen LogP contribution in [-0.2, 0) is 13.1 Å². The van der Waals surface area contributed by atoms with Gasteiger partial charge in [0.25, 0.3) is 0 Å². The third-order valence-electron chi connectivity index (χ3n) is 4.81. The number of carbonyl (C=O) groups excluding carboxylic acids is 1. The largest absolute Gasteiger partial charge is 0.324 e. The van der Waals surface area contributed by atoms with E-state index in [1.807, 2.05) is 34.1 Å². The van der Waals surface area contributed by atoms with Crippen LogP contribution in [0.5, 0.6) is 0 Å². The maximum atomic E-state index is 12.6. The Morgan fingerprint density at radius 2 is 1.67 bits per heavy atom. The van der Waals surface area contributed by atoms with E-state index in [9.17, 15) is 4.79 Å². The standard InChI is InChI=1S/C19H20ClN3O/c20-17-6-3-7-18(12-17)23-11-10-22(19(23)24)9-8-21-13-15-4-1-2-5-16(15)14-21/h1-7,12H,8-11,13-14H2. The first-order valence-electron chi connectivity index (χ1n) is 8.32. The maximum absolute atomic E-state index is 12.6. The third-order valence-corrected chi connectivity index (χ3v) is 5.04. The van der Waals surface area contributed by atoms with Gasteiger partial charge in [0, 0.05) is 50.0 Å². The molecule has 2 aromatic carbocycles. The summed E-state index contributed by atoms with van der Waals surface area (Å²) >= 11 is 6.04. The molecule has 2 heterocycles. The molecule has 4 rings (SSSR count). The Bertz CT molecular complexity index is 739. The van der Waals surface area contributed by atoms with Gasteiger partial charge in [-0.3, -0.25) is 9.80 Å². The highest BCUT2D eigenvalue weighted by Gasteiger charge is 2.30. The highest BCUT2D eigenvalue weighted by Crippen LogP contribution is 2.25. The number of hydrogen-bond donors (Lipinski definition) is 0. The van der Waals surface area contributed by atoms with Crippen LogP contribution in [0.2, 0.25) is 5.02 Å². The maximum Gasteiger partial charge on any atom is 0.324 e. The first-order valence-corrected chi connectivity index (χ1v) is 8.70. The highest BCUT2D eigenvalue weighted by molar-refractivity contribution is 6.30. The fourth-order valence-corrected chi connectivity index (χ4v) is 3.68. The predicted molar refractivity (Wildman–Crippen MR) is 96.3 cm³/mol. The summed E-state index contributed by atoms with van der Waals surface area (Å²) in [6.45, 7) is 5.13. The molecular formula is C19H20ClN3O. The average Bonchev–Trinajstić information content (AvgIpc) is 3.16. The predicted octanol–water partition coefficient (Wildman–Crippen LogP) is 3.60. The fourth-order valence-electron chi connectivity index (χ4n) is 3.50. The SMILES string of the molecule is O=C1N(CCN2Cc3ccccc3C2)CCN1c1cccc(Cl)c1. The Hall–Kier alpha value is -2.04. The van der Waals surface area contributed by atoms with Crippen LogP contribution in [0.4, 0.5) is 10.5 Å². The van der Waals surface area contributed by atoms with Crippen molar-refractivity contribution in [2.75, 3.05) is 31.1 Å². The van der Waals surface area contributed by atoms with E-state index in [1.54, 1.807) is 0 Å². The summed E-state index contributed by atoms with van der Waals surface area (Å²) in [5.41, 5.74) is 3.69. The minimum Gasteiger partial charge on any atom is -0.321 e. The highest BCUT2D eigenvalue weighted by atomic mass is 35.5. The zero-order valence-electron chi connectivity index (χ0n) is 13.5. The van der Waals surface area contributed by atoms with Crippen molar-refractivity contribution < 1.29 is 4.79 Å². The lowest BCUT2D eigenvalue weighted by molar-refractivity contribution is 0.204. The molecule has 2 aliphatic heterocycles. The Labute approximate surface area is 147 Å². The summed E-state index contributed by atoms with van der Waals surface area (Å²) in [5.74, 6) is 0. The fraction of sp³-hybridized carbons (Fsp3) is 0.316. The first kappa shape index (κ1) is 15.5. The van der Waals surface area contributed by atoms with E-state index in [2.05, 4.69) is 29.2 Å². The number of anilines is 1. The smallest absolute Gasteiger partial charge is 0.321 e. The second-order valence-electron chi connectivity index (χ2n) is 6.38. The minimum atomic E-state index is 0.0778. The van der Waals surface area contributed by atoms with Crippen molar-refractivity contribution in [3.8, 4) is 0 Å². The van der Waals surface area contributed by atoms with Gasteiger partial charge in [0.1, 0.15) is 0 Å². The van der Waals surface area contributed by atoms with Gasteiger partial charge in [0.15, 0.2) is 0 Å². The molecule has 0 unspecified atom stereocenters.